The van der Waals surface area contributed by atoms with Crippen LogP contribution in [-0.4, -0.2) is 74.9 Å². The summed E-state index contributed by atoms with van der Waals surface area (Å²) in [6, 6.07) is 5.82. The maximum Gasteiger partial charge on any atom is 0.296 e. The largest absolute Gasteiger partial charge is 0.493 e. The first-order valence-electron chi connectivity index (χ1n) is 13.8. The van der Waals surface area contributed by atoms with Gasteiger partial charge in [-0.2, -0.15) is 4.68 Å². The highest BCUT2D eigenvalue weighted by Gasteiger charge is 2.32. The van der Waals surface area contributed by atoms with Crippen LogP contribution in [0.1, 0.15) is 56.7 Å². The van der Waals surface area contributed by atoms with E-state index in [0.29, 0.717) is 62.1 Å². The van der Waals surface area contributed by atoms with Crippen molar-refractivity contribution < 1.29 is 23.8 Å². The second-order valence-electron chi connectivity index (χ2n) is 10.3. The van der Waals surface area contributed by atoms with E-state index in [1.54, 1.807) is 25.7 Å². The molecule has 0 unspecified atom stereocenters. The topological polar surface area (TPSA) is 102 Å². The Hall–Kier alpha value is -4.28. The summed E-state index contributed by atoms with van der Waals surface area (Å²) in [7, 11) is 0. The molecule has 0 radical (unpaired) electrons. The minimum absolute atomic E-state index is 0.146. The van der Waals surface area contributed by atoms with E-state index in [9.17, 15) is 14.1 Å². The van der Waals surface area contributed by atoms with E-state index in [2.05, 4.69) is 26.6 Å². The molecule has 2 aromatic rings. The molecule has 0 saturated carbocycles. The van der Waals surface area contributed by atoms with E-state index < -0.39 is 5.91 Å². The summed E-state index contributed by atoms with van der Waals surface area (Å²) in [6.45, 7) is 14.6. The van der Waals surface area contributed by atoms with Gasteiger partial charge in [0.05, 0.1) is 6.61 Å². The highest BCUT2D eigenvalue weighted by Crippen LogP contribution is 2.33. The van der Waals surface area contributed by atoms with Crippen LogP contribution in [0.15, 0.2) is 58.6 Å². The SMILES string of the molecule is C=CN=C(C(=O)N1CCN(/C(C(=O)n2nc(-c3cccc4c3CCCO4)nc2C)=C(/C)CC)CC1)C(OF)=C(C)C. The van der Waals surface area contributed by atoms with Crippen LogP contribution in [0.3, 0.4) is 0 Å². The number of piperazine rings is 1. The van der Waals surface area contributed by atoms with Gasteiger partial charge in [-0.05, 0) is 64.2 Å². The predicted molar refractivity (Wildman–Crippen MR) is 154 cm³/mol. The number of carbonyl (C=O) groups excluding carboxylic acids is 2. The number of aromatic nitrogens is 3. The van der Waals surface area contributed by atoms with Gasteiger partial charge in [0.1, 0.15) is 17.3 Å². The van der Waals surface area contributed by atoms with Gasteiger partial charge in [0.25, 0.3) is 11.8 Å². The second-order valence-corrected chi connectivity index (χ2v) is 10.3. The Morgan fingerprint density at radius 2 is 1.85 bits per heavy atom. The van der Waals surface area contributed by atoms with Crippen LogP contribution in [0, 0.1) is 6.92 Å². The fraction of sp³-hybridized carbons (Fsp3) is 0.433. The van der Waals surface area contributed by atoms with Crippen molar-refractivity contribution in [1.82, 2.24) is 24.6 Å². The summed E-state index contributed by atoms with van der Waals surface area (Å²) in [4.78, 5) is 43.4. The normalized spacial score (nSPS) is 15.9. The molecule has 2 aliphatic heterocycles. The summed E-state index contributed by atoms with van der Waals surface area (Å²) >= 11 is 0. The number of allylic oxidation sites excluding steroid dienone is 3. The van der Waals surface area contributed by atoms with Crippen molar-refractivity contribution in [3.05, 3.63) is 65.0 Å². The zero-order valence-corrected chi connectivity index (χ0v) is 24.4. The van der Waals surface area contributed by atoms with Gasteiger partial charge in [0.15, 0.2) is 11.5 Å². The van der Waals surface area contributed by atoms with Crippen LogP contribution in [0.25, 0.3) is 11.4 Å². The number of benzene rings is 1. The molecule has 1 saturated heterocycles. The molecule has 1 amide bonds. The molecule has 1 fully saturated rings. The number of amides is 1. The Balaban J connectivity index is 1.57. The third-order valence-corrected chi connectivity index (χ3v) is 7.35. The van der Waals surface area contributed by atoms with Crippen LogP contribution in [0.5, 0.6) is 5.75 Å². The fourth-order valence-electron chi connectivity index (χ4n) is 5.09. The van der Waals surface area contributed by atoms with Crippen molar-refractivity contribution in [1.29, 1.82) is 0 Å². The Morgan fingerprint density at radius 1 is 1.15 bits per heavy atom. The molecule has 218 valence electrons. The fourth-order valence-corrected chi connectivity index (χ4v) is 5.09. The molecule has 41 heavy (non-hydrogen) atoms. The number of aryl methyl sites for hydroxylation is 1. The van der Waals surface area contributed by atoms with E-state index >= 15 is 0 Å². The van der Waals surface area contributed by atoms with Crippen molar-refractivity contribution >= 4 is 17.5 Å². The molecule has 11 heteroatoms. The molecule has 0 N–H and O–H groups in total. The molecule has 0 atom stereocenters. The number of rotatable bonds is 8. The summed E-state index contributed by atoms with van der Waals surface area (Å²) in [5.74, 6) is 0.850. The average molecular weight is 565 g/mol. The highest BCUT2D eigenvalue weighted by molar-refractivity contribution is 6.44. The van der Waals surface area contributed by atoms with Crippen LogP contribution in [0.4, 0.5) is 4.53 Å². The van der Waals surface area contributed by atoms with Gasteiger partial charge in [-0.1, -0.05) is 25.6 Å². The van der Waals surface area contributed by atoms with Crippen LogP contribution < -0.4 is 4.74 Å². The van der Waals surface area contributed by atoms with E-state index in [1.807, 2.05) is 36.9 Å². The van der Waals surface area contributed by atoms with Gasteiger partial charge in [-0.15, -0.1) is 5.10 Å². The Labute approximate surface area is 239 Å². The first kappa shape index (κ1) is 29.7. The summed E-state index contributed by atoms with van der Waals surface area (Å²) in [5.41, 5.74) is 3.69. The lowest BCUT2D eigenvalue weighted by atomic mass is 9.99. The zero-order valence-electron chi connectivity index (χ0n) is 24.4. The van der Waals surface area contributed by atoms with Gasteiger partial charge < -0.3 is 14.5 Å². The van der Waals surface area contributed by atoms with Crippen molar-refractivity contribution in [2.24, 2.45) is 4.99 Å². The molecule has 2 aliphatic rings. The van der Waals surface area contributed by atoms with Crippen molar-refractivity contribution in [2.75, 3.05) is 32.8 Å². The third kappa shape index (κ3) is 6.08. The predicted octanol–water partition coefficient (Wildman–Crippen LogP) is 4.83. The number of aliphatic imine (C=N–C) groups is 1. The third-order valence-electron chi connectivity index (χ3n) is 7.35. The van der Waals surface area contributed by atoms with Crippen LogP contribution in [0.2, 0.25) is 0 Å². The molecule has 10 nitrogen and oxygen atoms in total. The molecule has 3 heterocycles. The van der Waals surface area contributed by atoms with Crippen molar-refractivity contribution in [3.63, 3.8) is 0 Å². The average Bonchev–Trinajstić information content (AvgIpc) is 3.37. The molecule has 1 aromatic heterocycles. The number of nitrogens with zero attached hydrogens (tertiary/aromatic N) is 6. The maximum atomic E-state index is 14.0. The van der Waals surface area contributed by atoms with Crippen molar-refractivity contribution in [3.8, 4) is 17.1 Å². The van der Waals surface area contributed by atoms with Crippen molar-refractivity contribution in [2.45, 2.75) is 53.9 Å². The van der Waals surface area contributed by atoms with Gasteiger partial charge in [-0.3, -0.25) is 14.5 Å². The minimum atomic E-state index is -0.464. The monoisotopic (exact) mass is 564 g/mol. The summed E-state index contributed by atoms with van der Waals surface area (Å²) in [5, 5.41) is 4.65. The number of halogens is 1. The lowest BCUT2D eigenvalue weighted by Gasteiger charge is -2.37. The zero-order chi connectivity index (χ0) is 29.7. The van der Waals surface area contributed by atoms with Crippen LogP contribution >= 0.6 is 0 Å². The first-order chi connectivity index (χ1) is 19.7. The number of ether oxygens (including phenoxy) is 1. The van der Waals surface area contributed by atoms with Crippen LogP contribution in [-0.2, 0) is 16.2 Å². The number of hydrogen-bond donors (Lipinski definition) is 0. The van der Waals surface area contributed by atoms with E-state index in [0.717, 1.165) is 35.3 Å². The molecule has 1 aromatic carbocycles. The second kappa shape index (κ2) is 12.9. The molecule has 0 aliphatic carbocycles. The Morgan fingerprint density at radius 3 is 2.49 bits per heavy atom. The lowest BCUT2D eigenvalue weighted by Crippen LogP contribution is -2.51. The Kier molecular flexibility index (Phi) is 9.36. The Bertz CT molecular complexity index is 1430. The van der Waals surface area contributed by atoms with Gasteiger partial charge in [0, 0.05) is 48.0 Å². The summed E-state index contributed by atoms with van der Waals surface area (Å²) in [6.07, 6.45) is 3.62. The van der Waals surface area contributed by atoms with Gasteiger partial charge in [0.2, 0.25) is 5.76 Å². The minimum Gasteiger partial charge on any atom is -0.493 e. The van der Waals surface area contributed by atoms with Gasteiger partial charge in [-0.25, -0.2) is 9.98 Å². The molecule has 4 rings (SSSR count). The molecular formula is C30H37FN6O4. The molecule has 0 spiro atoms. The smallest absolute Gasteiger partial charge is 0.296 e. The van der Waals surface area contributed by atoms with E-state index in [-0.39, 0.29) is 17.4 Å². The number of fused-ring (bicyclic) bond motifs is 1. The van der Waals surface area contributed by atoms with E-state index in [4.69, 9.17) is 4.74 Å². The maximum absolute atomic E-state index is 14.0. The molecule has 0 bridgehead atoms. The summed E-state index contributed by atoms with van der Waals surface area (Å²) < 4.78 is 20.4. The van der Waals surface area contributed by atoms with E-state index in [1.165, 1.54) is 10.9 Å². The highest BCUT2D eigenvalue weighted by atomic mass is 19.3. The number of carbonyl (C=O) groups is 2. The molecular weight excluding hydrogens is 527 g/mol. The quantitative estimate of drug-likeness (QED) is 0.257. The standard InChI is InChI=1S/C30H37FN6O4/c1-7-20(5)26(35-14-16-36(17-15-35)29(38)25(32-8-2)27(41-31)19(3)4)30(39)37-21(6)33-28(34-37)23-11-9-13-24-22(23)12-10-18-40-24/h8-9,11,13H,2,7,10,12,14-18H2,1,3-6H3/b26-20-,32-25?. The first-order valence-corrected chi connectivity index (χ1v) is 13.8. The number of hydrogen-bond acceptors (Lipinski definition) is 8. The van der Waals surface area contributed by atoms with Gasteiger partial charge >= 0.3 is 0 Å². The lowest BCUT2D eigenvalue weighted by molar-refractivity contribution is -0.126.